The Morgan fingerprint density at radius 1 is 1.21 bits per heavy atom. The molecule has 4 atom stereocenters. The molecule has 1 aromatic carbocycles. The Morgan fingerprint density at radius 2 is 2.11 bits per heavy atom. The highest BCUT2D eigenvalue weighted by Crippen LogP contribution is 2.46. The average Bonchev–Trinajstić information content (AvgIpc) is 3.14. The SMILES string of the molecule is c1ccc2c(c1)[C@@H](NC[C@H]1CCCO1)[C@H]1CNC[C@@H]21. The average molecular weight is 258 g/mol. The molecule has 1 aromatic rings. The molecule has 102 valence electrons. The third-order valence-electron chi connectivity index (χ3n) is 5.01. The molecular weight excluding hydrogens is 236 g/mol. The van der Waals surface area contributed by atoms with E-state index in [0.717, 1.165) is 32.2 Å². The molecule has 0 unspecified atom stereocenters. The lowest BCUT2D eigenvalue weighted by Crippen LogP contribution is -2.33. The maximum Gasteiger partial charge on any atom is 0.0700 e. The van der Waals surface area contributed by atoms with Crippen molar-refractivity contribution in [2.45, 2.75) is 30.9 Å². The van der Waals surface area contributed by atoms with Crippen LogP contribution in [-0.4, -0.2) is 32.3 Å². The summed E-state index contributed by atoms with van der Waals surface area (Å²) < 4.78 is 5.73. The first-order valence-corrected chi connectivity index (χ1v) is 7.58. The summed E-state index contributed by atoms with van der Waals surface area (Å²) in [6.45, 7) is 4.23. The largest absolute Gasteiger partial charge is 0.377 e. The minimum absolute atomic E-state index is 0.431. The fourth-order valence-electron chi connectivity index (χ4n) is 4.08. The number of hydrogen-bond donors (Lipinski definition) is 2. The summed E-state index contributed by atoms with van der Waals surface area (Å²) in [7, 11) is 0. The van der Waals surface area contributed by atoms with Crippen LogP contribution in [0.15, 0.2) is 24.3 Å². The van der Waals surface area contributed by atoms with Crippen molar-refractivity contribution in [2.75, 3.05) is 26.2 Å². The zero-order valence-electron chi connectivity index (χ0n) is 11.3. The molecular formula is C16H22N2O. The minimum atomic E-state index is 0.431. The van der Waals surface area contributed by atoms with E-state index in [-0.39, 0.29) is 0 Å². The maximum atomic E-state index is 5.73. The van der Waals surface area contributed by atoms with Gasteiger partial charge in [0, 0.05) is 38.2 Å². The molecule has 0 spiro atoms. The molecule has 0 radical (unpaired) electrons. The van der Waals surface area contributed by atoms with Gasteiger partial charge in [0.15, 0.2) is 0 Å². The Kier molecular flexibility index (Phi) is 3.06. The number of rotatable bonds is 3. The monoisotopic (exact) mass is 258 g/mol. The van der Waals surface area contributed by atoms with Crippen molar-refractivity contribution in [3.05, 3.63) is 35.4 Å². The molecule has 2 fully saturated rings. The van der Waals surface area contributed by atoms with E-state index in [1.165, 1.54) is 18.4 Å². The Labute approximate surface area is 114 Å². The van der Waals surface area contributed by atoms with Crippen molar-refractivity contribution in [1.29, 1.82) is 0 Å². The van der Waals surface area contributed by atoms with E-state index in [2.05, 4.69) is 34.9 Å². The van der Waals surface area contributed by atoms with Crippen molar-refractivity contribution < 1.29 is 4.74 Å². The van der Waals surface area contributed by atoms with Crippen LogP contribution in [0.3, 0.4) is 0 Å². The van der Waals surface area contributed by atoms with E-state index in [0.29, 0.717) is 18.1 Å². The van der Waals surface area contributed by atoms with Gasteiger partial charge in [-0.05, 0) is 29.9 Å². The molecule has 19 heavy (non-hydrogen) atoms. The molecule has 0 saturated carbocycles. The first-order chi connectivity index (χ1) is 9.43. The second kappa shape index (κ2) is 4.89. The van der Waals surface area contributed by atoms with Crippen LogP contribution in [0.25, 0.3) is 0 Å². The summed E-state index contributed by atoms with van der Waals surface area (Å²) in [4.78, 5) is 0. The third-order valence-corrected chi connectivity index (χ3v) is 5.01. The molecule has 3 heteroatoms. The van der Waals surface area contributed by atoms with Crippen LogP contribution in [0.1, 0.15) is 35.9 Å². The van der Waals surface area contributed by atoms with Gasteiger partial charge in [-0.1, -0.05) is 24.3 Å². The third kappa shape index (κ3) is 2.00. The van der Waals surface area contributed by atoms with Crippen molar-refractivity contribution in [3.8, 4) is 0 Å². The van der Waals surface area contributed by atoms with Gasteiger partial charge in [-0.15, -0.1) is 0 Å². The summed E-state index contributed by atoms with van der Waals surface area (Å²) in [5.74, 6) is 1.43. The molecule has 3 aliphatic rings. The van der Waals surface area contributed by atoms with Crippen molar-refractivity contribution in [3.63, 3.8) is 0 Å². The highest BCUT2D eigenvalue weighted by molar-refractivity contribution is 5.41. The van der Waals surface area contributed by atoms with Crippen LogP contribution in [-0.2, 0) is 4.74 Å². The standard InChI is InChI=1S/C16H22N2O/c1-2-6-13-12(5-1)14-9-17-10-15(14)16(13)18-8-11-4-3-7-19-11/h1-2,5-6,11,14-18H,3-4,7-10H2/t11-,14+,15+,16-/m1/s1. The molecule has 0 amide bonds. The molecule has 2 heterocycles. The fourth-order valence-corrected chi connectivity index (χ4v) is 4.08. The van der Waals surface area contributed by atoms with Crippen LogP contribution in [0.2, 0.25) is 0 Å². The van der Waals surface area contributed by atoms with Gasteiger partial charge in [-0.3, -0.25) is 0 Å². The molecule has 2 saturated heterocycles. The van der Waals surface area contributed by atoms with E-state index < -0.39 is 0 Å². The number of nitrogens with one attached hydrogen (secondary N) is 2. The topological polar surface area (TPSA) is 33.3 Å². The van der Waals surface area contributed by atoms with E-state index in [1.807, 2.05) is 0 Å². The summed E-state index contributed by atoms with van der Waals surface area (Å²) in [6.07, 6.45) is 2.87. The van der Waals surface area contributed by atoms with Crippen molar-refractivity contribution >= 4 is 0 Å². The summed E-state index contributed by atoms with van der Waals surface area (Å²) >= 11 is 0. The van der Waals surface area contributed by atoms with E-state index in [9.17, 15) is 0 Å². The Hall–Kier alpha value is -0.900. The summed E-state index contributed by atoms with van der Waals surface area (Å²) in [5, 5.41) is 7.34. The van der Waals surface area contributed by atoms with Gasteiger partial charge in [0.25, 0.3) is 0 Å². The molecule has 2 aliphatic heterocycles. The molecule has 4 rings (SSSR count). The molecule has 0 aromatic heterocycles. The zero-order chi connectivity index (χ0) is 12.7. The second-order valence-corrected chi connectivity index (χ2v) is 6.08. The number of benzene rings is 1. The quantitative estimate of drug-likeness (QED) is 0.867. The molecule has 1 aliphatic carbocycles. The highest BCUT2D eigenvalue weighted by atomic mass is 16.5. The van der Waals surface area contributed by atoms with E-state index in [1.54, 1.807) is 5.56 Å². The van der Waals surface area contributed by atoms with Gasteiger partial charge in [0.1, 0.15) is 0 Å². The number of hydrogen-bond acceptors (Lipinski definition) is 3. The zero-order valence-corrected chi connectivity index (χ0v) is 11.3. The first-order valence-electron chi connectivity index (χ1n) is 7.58. The first kappa shape index (κ1) is 11.9. The van der Waals surface area contributed by atoms with Crippen molar-refractivity contribution in [1.82, 2.24) is 10.6 Å². The van der Waals surface area contributed by atoms with Crippen LogP contribution >= 0.6 is 0 Å². The predicted octanol–water partition coefficient (Wildman–Crippen LogP) is 1.81. The second-order valence-electron chi connectivity index (χ2n) is 6.08. The Bertz CT molecular complexity index is 456. The lowest BCUT2D eigenvalue weighted by Gasteiger charge is -2.22. The summed E-state index contributed by atoms with van der Waals surface area (Å²) in [5.41, 5.74) is 3.08. The smallest absolute Gasteiger partial charge is 0.0700 e. The van der Waals surface area contributed by atoms with Gasteiger partial charge < -0.3 is 15.4 Å². The fraction of sp³-hybridized carbons (Fsp3) is 0.625. The molecule has 3 nitrogen and oxygen atoms in total. The van der Waals surface area contributed by atoms with E-state index >= 15 is 0 Å². The number of fused-ring (bicyclic) bond motifs is 3. The van der Waals surface area contributed by atoms with E-state index in [4.69, 9.17) is 4.74 Å². The maximum absolute atomic E-state index is 5.73. The lowest BCUT2D eigenvalue weighted by atomic mass is 9.94. The predicted molar refractivity (Wildman–Crippen MR) is 75.3 cm³/mol. The lowest BCUT2D eigenvalue weighted by molar-refractivity contribution is 0.105. The Balaban J connectivity index is 1.53. The van der Waals surface area contributed by atoms with Crippen LogP contribution in [0.4, 0.5) is 0 Å². The van der Waals surface area contributed by atoms with Gasteiger partial charge in [-0.25, -0.2) is 0 Å². The molecule has 2 N–H and O–H groups in total. The Morgan fingerprint density at radius 3 is 2.95 bits per heavy atom. The summed E-state index contributed by atoms with van der Waals surface area (Å²) in [6, 6.07) is 9.49. The highest BCUT2D eigenvalue weighted by Gasteiger charge is 2.42. The van der Waals surface area contributed by atoms with Crippen LogP contribution in [0.5, 0.6) is 0 Å². The minimum Gasteiger partial charge on any atom is -0.377 e. The van der Waals surface area contributed by atoms with Crippen LogP contribution < -0.4 is 10.6 Å². The van der Waals surface area contributed by atoms with Gasteiger partial charge >= 0.3 is 0 Å². The molecule has 0 bridgehead atoms. The van der Waals surface area contributed by atoms with Crippen molar-refractivity contribution in [2.24, 2.45) is 5.92 Å². The van der Waals surface area contributed by atoms with Crippen LogP contribution in [0, 0.1) is 5.92 Å². The number of ether oxygens (including phenoxy) is 1. The normalized spacial score (nSPS) is 36.4. The van der Waals surface area contributed by atoms with Gasteiger partial charge in [-0.2, -0.15) is 0 Å². The van der Waals surface area contributed by atoms with Gasteiger partial charge in [0.05, 0.1) is 6.10 Å². The van der Waals surface area contributed by atoms with Gasteiger partial charge in [0.2, 0.25) is 0 Å².